The summed E-state index contributed by atoms with van der Waals surface area (Å²) in [6.07, 6.45) is 1.26. The fourth-order valence-corrected chi connectivity index (χ4v) is 3.13. The lowest BCUT2D eigenvalue weighted by Gasteiger charge is -2.10. The third kappa shape index (κ3) is 2.87. The van der Waals surface area contributed by atoms with Gasteiger partial charge >= 0.3 is 5.63 Å². The zero-order valence-electron chi connectivity index (χ0n) is 14.0. The Bertz CT molecular complexity index is 960. The van der Waals surface area contributed by atoms with E-state index >= 15 is 0 Å². The van der Waals surface area contributed by atoms with E-state index in [0.717, 1.165) is 27.6 Å². The Labute approximate surface area is 140 Å². The minimum atomic E-state index is -0.363. The van der Waals surface area contributed by atoms with Gasteiger partial charge in [-0.2, -0.15) is 0 Å². The maximum Gasteiger partial charge on any atom is 0.339 e. The number of rotatable bonds is 3. The number of phenols is 2. The van der Waals surface area contributed by atoms with Crippen molar-refractivity contribution in [2.24, 2.45) is 0 Å². The van der Waals surface area contributed by atoms with Gasteiger partial charge in [0.05, 0.1) is 0 Å². The van der Waals surface area contributed by atoms with Crippen LogP contribution in [0.15, 0.2) is 39.5 Å². The van der Waals surface area contributed by atoms with Crippen molar-refractivity contribution in [3.63, 3.8) is 0 Å². The summed E-state index contributed by atoms with van der Waals surface area (Å²) >= 11 is 0. The highest BCUT2D eigenvalue weighted by atomic mass is 16.4. The number of aromatic hydroxyl groups is 2. The molecule has 0 aliphatic heterocycles. The van der Waals surface area contributed by atoms with Gasteiger partial charge in [0.1, 0.15) is 17.1 Å². The number of aryl methyl sites for hydroxylation is 4. The Kier molecular flexibility index (Phi) is 4.06. The molecule has 4 heteroatoms. The Balaban J connectivity index is 1.96. The zero-order valence-corrected chi connectivity index (χ0v) is 14.0. The maximum absolute atomic E-state index is 12.3. The lowest BCUT2D eigenvalue weighted by Crippen LogP contribution is -2.11. The molecule has 0 saturated heterocycles. The highest BCUT2D eigenvalue weighted by Crippen LogP contribution is 2.26. The largest absolute Gasteiger partial charge is 0.508 e. The van der Waals surface area contributed by atoms with Crippen LogP contribution in [0.25, 0.3) is 11.0 Å². The first-order valence-electron chi connectivity index (χ1n) is 7.91. The minimum absolute atomic E-state index is 0.0767. The first kappa shape index (κ1) is 16.1. The van der Waals surface area contributed by atoms with Crippen LogP contribution in [0, 0.1) is 20.8 Å². The average molecular weight is 324 g/mol. The molecule has 0 aliphatic carbocycles. The standard InChI is InChI=1S/C20H20O4/c1-11-8-14(9-12(2)19(11)22)4-6-17-13(3)16-7-5-15(21)10-18(16)24-20(17)23/h5,7-10,21-22H,4,6H2,1-3H3. The molecule has 1 aromatic heterocycles. The summed E-state index contributed by atoms with van der Waals surface area (Å²) in [5.74, 6) is 0.396. The van der Waals surface area contributed by atoms with Crippen molar-refractivity contribution in [1.82, 2.24) is 0 Å². The van der Waals surface area contributed by atoms with Crippen LogP contribution in [0.3, 0.4) is 0 Å². The van der Waals surface area contributed by atoms with Crippen LogP contribution in [0.4, 0.5) is 0 Å². The van der Waals surface area contributed by atoms with Crippen molar-refractivity contribution in [2.45, 2.75) is 33.6 Å². The van der Waals surface area contributed by atoms with E-state index in [-0.39, 0.29) is 11.4 Å². The van der Waals surface area contributed by atoms with Crippen LogP contribution in [0.5, 0.6) is 11.5 Å². The molecule has 0 fully saturated rings. The molecule has 2 N–H and O–H groups in total. The lowest BCUT2D eigenvalue weighted by molar-refractivity contribution is 0.466. The highest BCUT2D eigenvalue weighted by Gasteiger charge is 2.12. The molecule has 0 aliphatic rings. The van der Waals surface area contributed by atoms with Crippen molar-refractivity contribution in [1.29, 1.82) is 0 Å². The smallest absolute Gasteiger partial charge is 0.339 e. The quantitative estimate of drug-likeness (QED) is 0.717. The SMILES string of the molecule is Cc1cc(CCc2c(C)c3ccc(O)cc3oc2=O)cc(C)c1O. The average Bonchev–Trinajstić information content (AvgIpc) is 2.51. The molecule has 0 atom stereocenters. The highest BCUT2D eigenvalue weighted by molar-refractivity contribution is 5.82. The second-order valence-electron chi connectivity index (χ2n) is 6.25. The van der Waals surface area contributed by atoms with Gasteiger partial charge in [-0.3, -0.25) is 0 Å². The fourth-order valence-electron chi connectivity index (χ4n) is 3.13. The summed E-state index contributed by atoms with van der Waals surface area (Å²) in [5.41, 5.74) is 4.32. The van der Waals surface area contributed by atoms with Crippen molar-refractivity contribution < 1.29 is 14.6 Å². The minimum Gasteiger partial charge on any atom is -0.508 e. The summed E-state index contributed by atoms with van der Waals surface area (Å²) in [6.45, 7) is 5.64. The van der Waals surface area contributed by atoms with Crippen LogP contribution < -0.4 is 5.63 Å². The van der Waals surface area contributed by atoms with Crippen LogP contribution in [0.1, 0.15) is 27.8 Å². The third-order valence-corrected chi connectivity index (χ3v) is 4.49. The molecule has 3 rings (SSSR count). The van der Waals surface area contributed by atoms with E-state index in [9.17, 15) is 15.0 Å². The predicted molar refractivity (Wildman–Crippen MR) is 93.9 cm³/mol. The van der Waals surface area contributed by atoms with Crippen molar-refractivity contribution in [2.75, 3.05) is 0 Å². The number of hydrogen-bond acceptors (Lipinski definition) is 4. The molecule has 4 nitrogen and oxygen atoms in total. The zero-order chi connectivity index (χ0) is 17.4. The number of fused-ring (bicyclic) bond motifs is 1. The molecule has 0 spiro atoms. The van der Waals surface area contributed by atoms with Gasteiger partial charge in [0.15, 0.2) is 0 Å². The Hall–Kier alpha value is -2.75. The van der Waals surface area contributed by atoms with E-state index in [1.807, 2.05) is 32.9 Å². The molecule has 24 heavy (non-hydrogen) atoms. The van der Waals surface area contributed by atoms with Crippen LogP contribution in [0.2, 0.25) is 0 Å². The van der Waals surface area contributed by atoms with E-state index in [1.54, 1.807) is 12.1 Å². The molecule has 0 bridgehead atoms. The number of phenolic OH excluding ortho intramolecular Hbond substituents is 2. The van der Waals surface area contributed by atoms with Crippen molar-refractivity contribution >= 4 is 11.0 Å². The molecule has 124 valence electrons. The Morgan fingerprint density at radius 3 is 2.29 bits per heavy atom. The van der Waals surface area contributed by atoms with Crippen LogP contribution in [-0.2, 0) is 12.8 Å². The molecule has 0 radical (unpaired) electrons. The van der Waals surface area contributed by atoms with Gasteiger partial charge < -0.3 is 14.6 Å². The molecule has 0 unspecified atom stereocenters. The van der Waals surface area contributed by atoms with Gasteiger partial charge in [0.25, 0.3) is 0 Å². The van der Waals surface area contributed by atoms with E-state index in [1.165, 1.54) is 6.07 Å². The summed E-state index contributed by atoms with van der Waals surface area (Å²) < 4.78 is 5.35. The van der Waals surface area contributed by atoms with E-state index < -0.39 is 0 Å². The molecule has 1 heterocycles. The first-order chi connectivity index (χ1) is 11.4. The molecule has 0 saturated carbocycles. The molecular weight excluding hydrogens is 304 g/mol. The van der Waals surface area contributed by atoms with E-state index in [4.69, 9.17) is 4.42 Å². The fraction of sp³-hybridized carbons (Fsp3) is 0.250. The first-order valence-corrected chi connectivity index (χ1v) is 7.91. The molecule has 2 aromatic carbocycles. The normalized spacial score (nSPS) is 11.1. The van der Waals surface area contributed by atoms with Crippen molar-refractivity contribution in [3.05, 3.63) is 68.6 Å². The Morgan fingerprint density at radius 1 is 0.958 bits per heavy atom. The summed E-state index contributed by atoms with van der Waals surface area (Å²) in [7, 11) is 0. The third-order valence-electron chi connectivity index (χ3n) is 4.49. The monoisotopic (exact) mass is 324 g/mol. The summed E-state index contributed by atoms with van der Waals surface area (Å²) in [4.78, 5) is 12.3. The second-order valence-corrected chi connectivity index (χ2v) is 6.25. The number of benzene rings is 2. The van der Waals surface area contributed by atoms with Gasteiger partial charge in [-0.25, -0.2) is 4.79 Å². The molecule has 0 amide bonds. The van der Waals surface area contributed by atoms with Crippen LogP contribution >= 0.6 is 0 Å². The molecule has 3 aromatic rings. The van der Waals surface area contributed by atoms with Crippen LogP contribution in [-0.4, -0.2) is 10.2 Å². The van der Waals surface area contributed by atoms with Gasteiger partial charge in [0, 0.05) is 17.0 Å². The number of hydrogen-bond donors (Lipinski definition) is 2. The van der Waals surface area contributed by atoms with Gasteiger partial charge in [0.2, 0.25) is 0 Å². The maximum atomic E-state index is 12.3. The van der Waals surface area contributed by atoms with E-state index in [0.29, 0.717) is 29.7 Å². The van der Waals surface area contributed by atoms with E-state index in [2.05, 4.69) is 0 Å². The lowest BCUT2D eigenvalue weighted by atomic mass is 9.97. The Morgan fingerprint density at radius 2 is 1.62 bits per heavy atom. The predicted octanol–water partition coefficient (Wildman–Crippen LogP) is 3.91. The van der Waals surface area contributed by atoms with Crippen molar-refractivity contribution in [3.8, 4) is 11.5 Å². The van der Waals surface area contributed by atoms with Gasteiger partial charge in [-0.1, -0.05) is 12.1 Å². The summed E-state index contributed by atoms with van der Waals surface area (Å²) in [5, 5.41) is 20.2. The second kappa shape index (κ2) is 6.04. The van der Waals surface area contributed by atoms with Gasteiger partial charge in [-0.15, -0.1) is 0 Å². The molecular formula is C20H20O4. The van der Waals surface area contributed by atoms with Gasteiger partial charge in [-0.05, 0) is 68.0 Å². The summed E-state index contributed by atoms with van der Waals surface area (Å²) in [6, 6.07) is 8.70. The topological polar surface area (TPSA) is 70.7 Å².